The molecule has 6 nitrogen and oxygen atoms in total. The summed E-state index contributed by atoms with van der Waals surface area (Å²) in [5.41, 5.74) is 0.0798. The Morgan fingerprint density at radius 2 is 1.90 bits per heavy atom. The summed E-state index contributed by atoms with van der Waals surface area (Å²) in [5, 5.41) is 24.6. The van der Waals surface area contributed by atoms with E-state index in [0.717, 1.165) is 17.4 Å². The van der Waals surface area contributed by atoms with Gasteiger partial charge in [-0.3, -0.25) is 10.1 Å². The third kappa shape index (κ3) is 4.59. The number of rotatable bonds is 5. The summed E-state index contributed by atoms with van der Waals surface area (Å²) in [6.45, 7) is 0. The fraction of sp³-hybridized carbons (Fsp3) is 0.0526. The molecule has 3 rings (SSSR count). The highest BCUT2D eigenvalue weighted by atomic mass is 32.1. The van der Waals surface area contributed by atoms with Gasteiger partial charge in [0.15, 0.2) is 0 Å². The Labute approximate surface area is 166 Å². The zero-order chi connectivity index (χ0) is 21.0. The minimum atomic E-state index is -4.53. The van der Waals surface area contributed by atoms with Gasteiger partial charge in [0, 0.05) is 29.3 Å². The SMILES string of the molecule is N#C/C(=C\Nc1ccccc1C(F)(F)F)c1nc(-c2ccc([N+](=O)[O-])cc2)cs1. The van der Waals surface area contributed by atoms with Gasteiger partial charge in [-0.1, -0.05) is 12.1 Å². The third-order valence-electron chi connectivity index (χ3n) is 3.83. The molecule has 0 radical (unpaired) electrons. The average Bonchev–Trinajstić information content (AvgIpc) is 3.18. The smallest absolute Gasteiger partial charge is 0.360 e. The van der Waals surface area contributed by atoms with Crippen LogP contribution in [0.1, 0.15) is 10.6 Å². The number of hydrogen-bond acceptors (Lipinski definition) is 6. The number of nitriles is 1. The monoisotopic (exact) mass is 416 g/mol. The van der Waals surface area contributed by atoms with E-state index in [0.29, 0.717) is 16.3 Å². The second-order valence-electron chi connectivity index (χ2n) is 5.70. The van der Waals surface area contributed by atoms with E-state index in [2.05, 4.69) is 10.3 Å². The number of benzene rings is 2. The van der Waals surface area contributed by atoms with Gasteiger partial charge in [-0.25, -0.2) is 4.98 Å². The topological polar surface area (TPSA) is 91.8 Å². The van der Waals surface area contributed by atoms with Crippen LogP contribution in [0.3, 0.4) is 0 Å². The summed E-state index contributed by atoms with van der Waals surface area (Å²) in [6, 6.07) is 12.6. The minimum Gasteiger partial charge on any atom is -0.360 e. The van der Waals surface area contributed by atoms with Gasteiger partial charge in [-0.05, 0) is 24.3 Å². The second kappa shape index (κ2) is 8.12. The van der Waals surface area contributed by atoms with Gasteiger partial charge in [-0.15, -0.1) is 11.3 Å². The number of alkyl halides is 3. The average molecular weight is 416 g/mol. The van der Waals surface area contributed by atoms with E-state index in [4.69, 9.17) is 0 Å². The maximum Gasteiger partial charge on any atom is 0.418 e. The normalized spacial score (nSPS) is 11.7. The molecule has 0 atom stereocenters. The summed E-state index contributed by atoms with van der Waals surface area (Å²) in [7, 11) is 0. The van der Waals surface area contributed by atoms with Crippen molar-refractivity contribution < 1.29 is 18.1 Å². The van der Waals surface area contributed by atoms with Gasteiger partial charge < -0.3 is 5.32 Å². The van der Waals surface area contributed by atoms with Crippen molar-refractivity contribution in [3.63, 3.8) is 0 Å². The molecule has 1 aromatic heterocycles. The molecule has 0 saturated heterocycles. The van der Waals surface area contributed by atoms with Gasteiger partial charge in [-0.2, -0.15) is 18.4 Å². The van der Waals surface area contributed by atoms with E-state index in [9.17, 15) is 28.5 Å². The van der Waals surface area contributed by atoms with Gasteiger partial charge >= 0.3 is 6.18 Å². The Kier molecular flexibility index (Phi) is 5.61. The molecule has 10 heteroatoms. The first-order valence-electron chi connectivity index (χ1n) is 8.03. The van der Waals surface area contributed by atoms with Crippen molar-refractivity contribution in [2.24, 2.45) is 0 Å². The van der Waals surface area contributed by atoms with Gasteiger partial charge in [0.1, 0.15) is 16.6 Å². The van der Waals surface area contributed by atoms with Gasteiger partial charge in [0.2, 0.25) is 0 Å². The molecule has 0 spiro atoms. The number of nitro benzene ring substituents is 1. The Hall–Kier alpha value is -3.71. The fourth-order valence-electron chi connectivity index (χ4n) is 2.43. The van der Waals surface area contributed by atoms with Crippen molar-refractivity contribution in [1.29, 1.82) is 5.26 Å². The number of thiazole rings is 1. The molecule has 1 heterocycles. The van der Waals surface area contributed by atoms with Crippen molar-refractivity contribution in [2.75, 3.05) is 5.32 Å². The highest BCUT2D eigenvalue weighted by Gasteiger charge is 2.33. The lowest BCUT2D eigenvalue weighted by Crippen LogP contribution is -2.08. The van der Waals surface area contributed by atoms with E-state index in [1.807, 2.05) is 6.07 Å². The number of nitro groups is 1. The molecular formula is C19H11F3N4O2S. The largest absolute Gasteiger partial charge is 0.418 e. The number of halogens is 3. The zero-order valence-electron chi connectivity index (χ0n) is 14.5. The lowest BCUT2D eigenvalue weighted by atomic mass is 10.1. The summed E-state index contributed by atoms with van der Waals surface area (Å²) >= 11 is 1.13. The lowest BCUT2D eigenvalue weighted by molar-refractivity contribution is -0.384. The van der Waals surface area contributed by atoms with Crippen molar-refractivity contribution >= 4 is 28.3 Å². The minimum absolute atomic E-state index is 0.0557. The molecule has 0 amide bonds. The van der Waals surface area contributed by atoms with E-state index >= 15 is 0 Å². The zero-order valence-corrected chi connectivity index (χ0v) is 15.3. The van der Waals surface area contributed by atoms with Crippen LogP contribution in [0.2, 0.25) is 0 Å². The molecule has 0 unspecified atom stereocenters. The molecular weight excluding hydrogens is 405 g/mol. The first-order valence-corrected chi connectivity index (χ1v) is 8.91. The molecule has 0 saturated carbocycles. The number of anilines is 1. The molecule has 146 valence electrons. The first-order chi connectivity index (χ1) is 13.8. The van der Waals surface area contributed by atoms with Crippen LogP contribution in [-0.2, 0) is 6.18 Å². The molecule has 29 heavy (non-hydrogen) atoms. The van der Waals surface area contributed by atoms with Crippen molar-refractivity contribution in [1.82, 2.24) is 4.98 Å². The number of nitrogens with one attached hydrogen (secondary N) is 1. The highest BCUT2D eigenvalue weighted by molar-refractivity contribution is 7.11. The van der Waals surface area contributed by atoms with Crippen LogP contribution < -0.4 is 5.32 Å². The van der Waals surface area contributed by atoms with Gasteiger partial charge in [0.05, 0.1) is 21.9 Å². The molecule has 1 N–H and O–H groups in total. The molecule has 3 aromatic rings. The Morgan fingerprint density at radius 3 is 2.52 bits per heavy atom. The third-order valence-corrected chi connectivity index (χ3v) is 4.71. The Balaban J connectivity index is 1.85. The van der Waals surface area contributed by atoms with Crippen LogP contribution in [-0.4, -0.2) is 9.91 Å². The molecule has 0 aliphatic heterocycles. The van der Waals surface area contributed by atoms with Crippen LogP contribution in [0.25, 0.3) is 16.8 Å². The number of nitrogens with zero attached hydrogens (tertiary/aromatic N) is 3. The maximum absolute atomic E-state index is 13.1. The van der Waals surface area contributed by atoms with Crippen molar-refractivity contribution in [3.05, 3.63) is 80.8 Å². The van der Waals surface area contributed by atoms with E-state index in [1.165, 1.54) is 48.7 Å². The Bertz CT molecular complexity index is 1120. The second-order valence-corrected chi connectivity index (χ2v) is 6.56. The maximum atomic E-state index is 13.1. The molecule has 0 fully saturated rings. The predicted molar refractivity (Wildman–Crippen MR) is 103 cm³/mol. The van der Waals surface area contributed by atoms with Crippen LogP contribution in [0.5, 0.6) is 0 Å². The van der Waals surface area contributed by atoms with Crippen LogP contribution in [0.4, 0.5) is 24.5 Å². The number of hydrogen-bond donors (Lipinski definition) is 1. The highest BCUT2D eigenvalue weighted by Crippen LogP contribution is 2.35. The van der Waals surface area contributed by atoms with Crippen LogP contribution in [0.15, 0.2) is 60.1 Å². The molecule has 2 aromatic carbocycles. The summed E-state index contributed by atoms with van der Waals surface area (Å²) in [6.07, 6.45) is -3.36. The molecule has 0 bridgehead atoms. The quantitative estimate of drug-likeness (QED) is 0.327. The standard InChI is InChI=1S/C19H11F3N4O2S/c20-19(21,22)15-3-1-2-4-16(15)24-10-13(9-23)18-25-17(11-29-18)12-5-7-14(8-6-12)26(27)28/h1-8,10-11,24H/b13-10+. The number of aromatic nitrogens is 1. The van der Waals surface area contributed by atoms with Crippen LogP contribution in [0, 0.1) is 21.4 Å². The molecule has 0 aliphatic rings. The summed E-state index contributed by atoms with van der Waals surface area (Å²) in [4.78, 5) is 14.5. The number of para-hydroxylation sites is 1. The summed E-state index contributed by atoms with van der Waals surface area (Å²) in [5.74, 6) is 0. The van der Waals surface area contributed by atoms with E-state index < -0.39 is 16.7 Å². The summed E-state index contributed by atoms with van der Waals surface area (Å²) < 4.78 is 39.2. The number of allylic oxidation sites excluding steroid dienone is 1. The van der Waals surface area contributed by atoms with Crippen molar-refractivity contribution in [3.8, 4) is 17.3 Å². The van der Waals surface area contributed by atoms with E-state index in [-0.39, 0.29) is 16.9 Å². The van der Waals surface area contributed by atoms with E-state index in [1.54, 1.807) is 5.38 Å². The predicted octanol–water partition coefficient (Wildman–Crippen LogP) is 5.71. The Morgan fingerprint density at radius 1 is 1.21 bits per heavy atom. The fourth-order valence-corrected chi connectivity index (χ4v) is 3.23. The first kappa shape index (κ1) is 20.0. The van der Waals surface area contributed by atoms with Crippen molar-refractivity contribution in [2.45, 2.75) is 6.18 Å². The number of non-ortho nitro benzene ring substituents is 1. The van der Waals surface area contributed by atoms with Gasteiger partial charge in [0.25, 0.3) is 5.69 Å². The molecule has 0 aliphatic carbocycles. The van der Waals surface area contributed by atoms with Crippen LogP contribution >= 0.6 is 11.3 Å². The lowest BCUT2D eigenvalue weighted by Gasteiger charge is -2.12.